The number of carbonyl (C=O) groups is 3. The van der Waals surface area contributed by atoms with Crippen LogP contribution in [0.5, 0.6) is 0 Å². The van der Waals surface area contributed by atoms with Gasteiger partial charge in [0.2, 0.25) is 5.91 Å². The summed E-state index contributed by atoms with van der Waals surface area (Å²) >= 11 is 0. The Morgan fingerprint density at radius 2 is 1.18 bits per heavy atom. The van der Waals surface area contributed by atoms with Gasteiger partial charge in [0.15, 0.2) is 0 Å². The van der Waals surface area contributed by atoms with Crippen LogP contribution in [0, 0.1) is 45.3 Å². The van der Waals surface area contributed by atoms with Gasteiger partial charge in [-0.1, -0.05) is 38.8 Å². The van der Waals surface area contributed by atoms with Crippen molar-refractivity contribution in [2.45, 2.75) is 197 Å². The van der Waals surface area contributed by atoms with Crippen LogP contribution in [0.4, 0.5) is 0 Å². The molecular weight excluding hydrogens is 915 g/mol. The number of nitrogens with one attached hydrogen (secondary N) is 2. The highest BCUT2D eigenvalue weighted by molar-refractivity contribution is 5.84. The molecule has 6 saturated carbocycles. The Labute approximate surface area is 423 Å². The van der Waals surface area contributed by atoms with E-state index in [0.717, 1.165) is 133 Å². The van der Waals surface area contributed by atoms with E-state index in [1.54, 1.807) is 19.6 Å². The predicted octanol–water partition coefficient (Wildman–Crippen LogP) is 7.64. The van der Waals surface area contributed by atoms with Gasteiger partial charge >= 0.3 is 23.2 Å². The highest BCUT2D eigenvalue weighted by Crippen LogP contribution is 2.72. The van der Waals surface area contributed by atoms with E-state index < -0.39 is 29.1 Å². The molecule has 1 aliphatic heterocycles. The number of ether oxygens (including phenoxy) is 2. The third-order valence-electron chi connectivity index (χ3n) is 21.7. The summed E-state index contributed by atoms with van der Waals surface area (Å²) < 4.78 is 22.1. The topological polar surface area (TPSA) is 221 Å². The van der Waals surface area contributed by atoms with Crippen molar-refractivity contribution in [1.82, 2.24) is 10.6 Å². The Hall–Kier alpha value is -4.37. The molecule has 0 radical (unpaired) electrons. The summed E-state index contributed by atoms with van der Waals surface area (Å²) in [5.74, 6) is 0.580. The van der Waals surface area contributed by atoms with E-state index in [1.807, 2.05) is 12.1 Å². The number of esters is 2. The Bertz CT molecular complexity index is 2560. The maximum Gasteiger partial charge on any atom is 0.335 e. The van der Waals surface area contributed by atoms with Crippen LogP contribution < -0.4 is 27.6 Å². The van der Waals surface area contributed by atoms with Crippen LogP contribution in [0.1, 0.15) is 173 Å². The van der Waals surface area contributed by atoms with E-state index in [9.17, 15) is 34.2 Å². The number of amides is 1. The Balaban J connectivity index is 0.000000166. The van der Waals surface area contributed by atoms with Crippen molar-refractivity contribution in [2.24, 2.45) is 51.1 Å². The monoisotopic (exact) mass is 994 g/mol. The zero-order valence-electron chi connectivity index (χ0n) is 43.2. The third kappa shape index (κ3) is 8.40. The molecule has 392 valence electrons. The van der Waals surface area contributed by atoms with Gasteiger partial charge in [-0.2, -0.15) is 0 Å². The number of rotatable bonds is 9. The molecule has 14 nitrogen and oxygen atoms in total. The van der Waals surface area contributed by atoms with Crippen molar-refractivity contribution in [2.75, 3.05) is 13.6 Å². The van der Waals surface area contributed by atoms with Gasteiger partial charge < -0.3 is 44.9 Å². The predicted molar refractivity (Wildman–Crippen MR) is 269 cm³/mol. The van der Waals surface area contributed by atoms with Crippen molar-refractivity contribution < 1.29 is 42.9 Å². The number of allylic oxidation sites excluding steroid dienone is 2. The molecule has 0 aromatic carbocycles. The molecule has 0 bridgehead atoms. The van der Waals surface area contributed by atoms with E-state index in [0.29, 0.717) is 11.8 Å². The van der Waals surface area contributed by atoms with Gasteiger partial charge in [0.05, 0.1) is 30.1 Å². The summed E-state index contributed by atoms with van der Waals surface area (Å²) in [7, 11) is 1.62. The summed E-state index contributed by atoms with van der Waals surface area (Å²) in [6, 6.07) is 5.88. The van der Waals surface area contributed by atoms with Crippen molar-refractivity contribution in [3.63, 3.8) is 0 Å². The first-order valence-corrected chi connectivity index (χ1v) is 27.4. The minimum atomic E-state index is -0.761. The largest absolute Gasteiger partial charge is 0.457 e. The molecule has 9 aliphatic rings. The second kappa shape index (κ2) is 19.1. The SMILES string of the molecule is CN[C@H](CC(N)=O)C(=O)O[C@@H]1C=C2CCC3C(CC[C@]4(C)[C@@H](c5ccc(=O)oc5)CC[C@]34O)[C@@]2(C)CC1.C[C@]12CC[C@H](OC(=O)[C@@H]3CCCN3)C=C1CCC1C2CC[C@]2(C)[C@@H](c3ccc(=O)oc3)CC[C@]12O. The molecule has 8 aliphatic carbocycles. The van der Waals surface area contributed by atoms with Gasteiger partial charge in [-0.3, -0.25) is 14.4 Å². The molecule has 1 saturated heterocycles. The molecule has 6 N–H and O–H groups in total. The fraction of sp³-hybridized carbons (Fsp3) is 0.707. The van der Waals surface area contributed by atoms with E-state index in [-0.39, 0.29) is 87.2 Å². The van der Waals surface area contributed by atoms with Gasteiger partial charge in [-0.25, -0.2) is 9.59 Å². The first-order valence-electron chi connectivity index (χ1n) is 27.4. The number of primary amides is 1. The average Bonchev–Trinajstić information content (AvgIpc) is 4.07. The molecule has 2 aromatic rings. The number of carbonyl (C=O) groups excluding carboxylic acids is 3. The molecule has 4 unspecified atom stereocenters. The van der Waals surface area contributed by atoms with Crippen LogP contribution in [0.2, 0.25) is 0 Å². The second-order valence-corrected chi connectivity index (χ2v) is 24.6. The fourth-order valence-electron chi connectivity index (χ4n) is 17.6. The minimum Gasteiger partial charge on any atom is -0.457 e. The smallest absolute Gasteiger partial charge is 0.335 e. The van der Waals surface area contributed by atoms with Gasteiger partial charge in [-0.15, -0.1) is 0 Å². The van der Waals surface area contributed by atoms with E-state index in [2.05, 4.69) is 50.5 Å². The fourth-order valence-corrected chi connectivity index (χ4v) is 17.6. The number of likely N-dealkylation sites (N-methyl/N-ethyl adjacent to an activating group) is 1. The summed E-state index contributed by atoms with van der Waals surface area (Å²) in [6.45, 7) is 10.1. The van der Waals surface area contributed by atoms with Crippen molar-refractivity contribution in [3.05, 3.63) is 92.1 Å². The number of hydrogen-bond donors (Lipinski definition) is 5. The molecule has 14 heteroatoms. The summed E-state index contributed by atoms with van der Waals surface area (Å²) in [5.41, 5.74) is 7.52. The molecule has 72 heavy (non-hydrogen) atoms. The van der Waals surface area contributed by atoms with Gasteiger partial charge in [0.25, 0.3) is 0 Å². The zero-order chi connectivity index (χ0) is 51.0. The second-order valence-electron chi connectivity index (χ2n) is 24.6. The van der Waals surface area contributed by atoms with Crippen molar-refractivity contribution in [1.29, 1.82) is 0 Å². The van der Waals surface area contributed by atoms with E-state index >= 15 is 0 Å². The molecule has 3 heterocycles. The third-order valence-corrected chi connectivity index (χ3v) is 21.7. The maximum absolute atomic E-state index is 12.6. The Kier molecular flexibility index (Phi) is 13.6. The molecule has 7 fully saturated rings. The van der Waals surface area contributed by atoms with Crippen LogP contribution >= 0.6 is 0 Å². The van der Waals surface area contributed by atoms with Gasteiger partial charge in [-0.05, 0) is 211 Å². The van der Waals surface area contributed by atoms with Crippen LogP contribution in [-0.4, -0.2) is 77.1 Å². The molecule has 1 amide bonds. The molecule has 11 rings (SSSR count). The standard InChI is InChI=1S/C29H40N2O6.C29H39NO5/c1-27-11-8-19(37-26(34)23(31-3)15-24(30)32)14-18(27)5-6-22-21(27)9-12-28(2)20(10-13-29(22,28)35)17-4-7-25(33)36-16-17;1-27-12-9-20(35-26(32)24-4-3-15-30-24)16-19(27)6-7-23-22(27)10-13-28(2)21(11-14-29(23,28)33)18-5-8-25(31)34-17-18/h4,7,14,16,19-23,31,35H,5-6,8-13,15H2,1-3H3,(H2,30,32);5,8,16-17,20-24,30,33H,3-4,6-7,9-15H2,1-2H3/t19-,20+,21?,22?,23+,27-,28+,29-;20-,21+,22?,23?,24-,27-,28+,29-/m00/s1. The van der Waals surface area contributed by atoms with Crippen LogP contribution in [-0.2, 0) is 23.9 Å². The van der Waals surface area contributed by atoms with Gasteiger partial charge in [0, 0.05) is 23.0 Å². The molecule has 0 spiro atoms. The number of aliphatic hydroxyl groups is 2. The lowest BCUT2D eigenvalue weighted by atomic mass is 9.45. The highest BCUT2D eigenvalue weighted by atomic mass is 16.5. The van der Waals surface area contributed by atoms with Crippen molar-refractivity contribution in [3.8, 4) is 0 Å². The quantitative estimate of drug-likeness (QED) is 0.121. The first kappa shape index (κ1) is 51.1. The van der Waals surface area contributed by atoms with Crippen LogP contribution in [0.3, 0.4) is 0 Å². The highest BCUT2D eigenvalue weighted by Gasteiger charge is 2.68. The molecule has 16 atom stereocenters. The maximum atomic E-state index is 12.6. The van der Waals surface area contributed by atoms with E-state index in [4.69, 9.17) is 24.0 Å². The Morgan fingerprint density at radius 1 is 0.681 bits per heavy atom. The lowest BCUT2D eigenvalue weighted by Crippen LogP contribution is -2.60. The zero-order valence-corrected chi connectivity index (χ0v) is 43.2. The van der Waals surface area contributed by atoms with E-state index in [1.165, 1.54) is 23.3 Å². The summed E-state index contributed by atoms with van der Waals surface area (Å²) in [6.07, 6.45) is 23.6. The Morgan fingerprint density at radius 3 is 1.61 bits per heavy atom. The van der Waals surface area contributed by atoms with Crippen molar-refractivity contribution >= 4 is 17.8 Å². The van der Waals surface area contributed by atoms with Gasteiger partial charge in [0.1, 0.15) is 24.3 Å². The molecular formula is C58H79N3O11. The number of fused-ring (bicyclic) bond motifs is 10. The van der Waals surface area contributed by atoms with Crippen LogP contribution in [0.25, 0.3) is 0 Å². The summed E-state index contributed by atoms with van der Waals surface area (Å²) in [4.78, 5) is 59.5. The minimum absolute atomic E-state index is 0.0316. The van der Waals surface area contributed by atoms with Crippen LogP contribution in [0.15, 0.2) is 78.5 Å². The molecule has 2 aromatic heterocycles. The number of hydrogen-bond acceptors (Lipinski definition) is 13. The first-order chi connectivity index (χ1) is 34.3. The average molecular weight is 994 g/mol. The lowest BCUT2D eigenvalue weighted by molar-refractivity contribution is -0.179. The lowest BCUT2D eigenvalue weighted by Gasteiger charge is -2.61. The normalized spacial score (nSPS) is 42.0. The number of nitrogens with two attached hydrogens (primary N) is 1. The summed E-state index contributed by atoms with van der Waals surface area (Å²) in [5, 5.41) is 30.8.